The maximum atomic E-state index is 12.2. The van der Waals surface area contributed by atoms with Crippen LogP contribution in [0, 0.1) is 13.8 Å². The molecule has 0 aliphatic heterocycles. The van der Waals surface area contributed by atoms with Gasteiger partial charge >= 0.3 is 0 Å². The summed E-state index contributed by atoms with van der Waals surface area (Å²) in [6.07, 6.45) is -2.32. The number of para-hydroxylation sites is 1. The Hall–Kier alpha value is -1.55. The molecule has 0 atom stereocenters. The molecule has 1 aromatic carbocycles. The minimum Gasteiger partial charge on any atom is -0.307 e. The predicted octanol–water partition coefficient (Wildman–Crippen LogP) is 3.21. The summed E-state index contributed by atoms with van der Waals surface area (Å²) in [5.41, 5.74) is 3.98. The van der Waals surface area contributed by atoms with E-state index >= 15 is 0 Å². The van der Waals surface area contributed by atoms with E-state index in [1.807, 2.05) is 38.1 Å². The first-order valence-electron chi connectivity index (χ1n) is 5.93. The Bertz CT molecular complexity index is 553. The van der Waals surface area contributed by atoms with E-state index in [4.69, 9.17) is 0 Å². The molecule has 0 aliphatic carbocycles. The van der Waals surface area contributed by atoms with E-state index in [2.05, 4.69) is 10.3 Å². The maximum Gasteiger partial charge on any atom is 0.250 e. The van der Waals surface area contributed by atoms with Crippen LogP contribution in [0.5, 0.6) is 0 Å². The largest absolute Gasteiger partial charge is 0.307 e. The third-order valence-corrected chi connectivity index (χ3v) is 3.11. The van der Waals surface area contributed by atoms with E-state index in [0.717, 1.165) is 27.7 Å². The van der Waals surface area contributed by atoms with E-state index in [9.17, 15) is 8.78 Å². The molecular formula is C14H16F2N2. The molecule has 0 spiro atoms. The summed E-state index contributed by atoms with van der Waals surface area (Å²) in [5, 5.41) is 3.81. The molecule has 96 valence electrons. The smallest absolute Gasteiger partial charge is 0.250 e. The zero-order chi connectivity index (χ0) is 13.1. The van der Waals surface area contributed by atoms with Gasteiger partial charge in [-0.15, -0.1) is 0 Å². The summed E-state index contributed by atoms with van der Waals surface area (Å²) in [5.74, 6) is 0. The first-order valence-corrected chi connectivity index (χ1v) is 5.93. The first kappa shape index (κ1) is 12.9. The molecule has 0 saturated heterocycles. The lowest BCUT2D eigenvalue weighted by atomic mass is 10.0. The van der Waals surface area contributed by atoms with Crippen LogP contribution in [-0.4, -0.2) is 18.0 Å². The average molecular weight is 250 g/mol. The van der Waals surface area contributed by atoms with Crippen molar-refractivity contribution in [2.75, 3.05) is 6.54 Å². The normalized spacial score (nSPS) is 11.4. The molecule has 2 aromatic rings. The van der Waals surface area contributed by atoms with Crippen LogP contribution in [0.15, 0.2) is 24.3 Å². The second kappa shape index (κ2) is 5.40. The van der Waals surface area contributed by atoms with Crippen molar-refractivity contribution in [2.45, 2.75) is 26.8 Å². The van der Waals surface area contributed by atoms with E-state index < -0.39 is 6.43 Å². The minimum atomic E-state index is -2.32. The van der Waals surface area contributed by atoms with Crippen LogP contribution in [0.25, 0.3) is 10.9 Å². The van der Waals surface area contributed by atoms with Crippen LogP contribution in [0.4, 0.5) is 8.78 Å². The molecule has 18 heavy (non-hydrogen) atoms. The van der Waals surface area contributed by atoms with Gasteiger partial charge in [-0.1, -0.05) is 18.2 Å². The number of nitrogens with one attached hydrogen (secondary N) is 1. The zero-order valence-corrected chi connectivity index (χ0v) is 10.5. The first-order chi connectivity index (χ1) is 8.59. The second-order valence-corrected chi connectivity index (χ2v) is 4.34. The summed E-state index contributed by atoms with van der Waals surface area (Å²) in [6.45, 7) is 4.09. The lowest BCUT2D eigenvalue weighted by Crippen LogP contribution is -2.21. The lowest BCUT2D eigenvalue weighted by Gasteiger charge is -2.13. The number of hydrogen-bond acceptors (Lipinski definition) is 2. The van der Waals surface area contributed by atoms with Gasteiger partial charge in [-0.2, -0.15) is 0 Å². The number of pyridine rings is 1. The van der Waals surface area contributed by atoms with E-state index in [0.29, 0.717) is 6.54 Å². The standard InChI is InChI=1S/C14H16F2N2/c1-9-10(2)18-13-6-4-3-5-11(13)12(9)7-17-8-14(15)16/h3-6,14,17H,7-8H2,1-2H3. The Morgan fingerprint density at radius 1 is 1.22 bits per heavy atom. The molecule has 2 rings (SSSR count). The molecule has 0 unspecified atom stereocenters. The van der Waals surface area contributed by atoms with Crippen LogP contribution in [0.3, 0.4) is 0 Å². The van der Waals surface area contributed by atoms with Gasteiger partial charge in [0, 0.05) is 17.6 Å². The molecule has 0 radical (unpaired) electrons. The molecular weight excluding hydrogens is 234 g/mol. The van der Waals surface area contributed by atoms with Crippen molar-refractivity contribution in [1.82, 2.24) is 10.3 Å². The highest BCUT2D eigenvalue weighted by Crippen LogP contribution is 2.22. The monoisotopic (exact) mass is 250 g/mol. The quantitative estimate of drug-likeness (QED) is 0.901. The molecule has 0 aliphatic rings. The number of halogens is 2. The van der Waals surface area contributed by atoms with Gasteiger partial charge in [-0.25, -0.2) is 8.78 Å². The summed E-state index contributed by atoms with van der Waals surface area (Å²) in [6, 6.07) is 7.79. The molecule has 0 saturated carbocycles. The molecule has 0 amide bonds. The van der Waals surface area contributed by atoms with E-state index in [1.54, 1.807) is 0 Å². The second-order valence-electron chi connectivity index (χ2n) is 4.34. The Labute approximate surface area is 105 Å². The van der Waals surface area contributed by atoms with Crippen molar-refractivity contribution in [3.8, 4) is 0 Å². The Balaban J connectivity index is 2.37. The summed E-state index contributed by atoms with van der Waals surface area (Å²) in [4.78, 5) is 4.50. The number of alkyl halides is 2. The number of fused-ring (bicyclic) bond motifs is 1. The molecule has 1 N–H and O–H groups in total. The van der Waals surface area contributed by atoms with Crippen LogP contribution < -0.4 is 5.32 Å². The fourth-order valence-corrected chi connectivity index (χ4v) is 2.05. The summed E-state index contributed by atoms with van der Waals surface area (Å²) >= 11 is 0. The number of benzene rings is 1. The van der Waals surface area contributed by atoms with Gasteiger partial charge in [0.25, 0.3) is 6.43 Å². The fourth-order valence-electron chi connectivity index (χ4n) is 2.05. The van der Waals surface area contributed by atoms with Crippen LogP contribution in [-0.2, 0) is 6.54 Å². The van der Waals surface area contributed by atoms with Crippen molar-refractivity contribution >= 4 is 10.9 Å². The highest BCUT2D eigenvalue weighted by molar-refractivity contribution is 5.83. The fraction of sp³-hybridized carbons (Fsp3) is 0.357. The Morgan fingerprint density at radius 3 is 2.67 bits per heavy atom. The molecule has 1 heterocycles. The summed E-state index contributed by atoms with van der Waals surface area (Å²) < 4.78 is 24.3. The zero-order valence-electron chi connectivity index (χ0n) is 10.5. The molecule has 4 heteroatoms. The number of rotatable bonds is 4. The van der Waals surface area contributed by atoms with Crippen LogP contribution in [0.1, 0.15) is 16.8 Å². The van der Waals surface area contributed by atoms with Gasteiger partial charge in [0.2, 0.25) is 0 Å². The number of hydrogen-bond donors (Lipinski definition) is 1. The average Bonchev–Trinajstić information content (AvgIpc) is 2.33. The highest BCUT2D eigenvalue weighted by Gasteiger charge is 2.09. The van der Waals surface area contributed by atoms with E-state index in [1.165, 1.54) is 0 Å². The molecule has 1 aromatic heterocycles. The minimum absolute atomic E-state index is 0.283. The SMILES string of the molecule is Cc1nc2ccccc2c(CNCC(F)F)c1C. The maximum absolute atomic E-state index is 12.2. The van der Waals surface area contributed by atoms with E-state index in [-0.39, 0.29) is 6.54 Å². The van der Waals surface area contributed by atoms with Gasteiger partial charge in [-0.05, 0) is 31.0 Å². The molecule has 0 fully saturated rings. The Morgan fingerprint density at radius 2 is 1.94 bits per heavy atom. The third-order valence-electron chi connectivity index (χ3n) is 3.11. The van der Waals surface area contributed by atoms with Crippen molar-refractivity contribution in [1.29, 1.82) is 0 Å². The lowest BCUT2D eigenvalue weighted by molar-refractivity contribution is 0.145. The highest BCUT2D eigenvalue weighted by atomic mass is 19.3. The molecule has 2 nitrogen and oxygen atoms in total. The molecule has 0 bridgehead atoms. The van der Waals surface area contributed by atoms with Crippen molar-refractivity contribution in [3.63, 3.8) is 0 Å². The van der Waals surface area contributed by atoms with Gasteiger partial charge in [0.1, 0.15) is 0 Å². The van der Waals surface area contributed by atoms with Gasteiger partial charge in [-0.3, -0.25) is 4.98 Å². The van der Waals surface area contributed by atoms with Crippen molar-refractivity contribution in [2.24, 2.45) is 0 Å². The van der Waals surface area contributed by atoms with Crippen LogP contribution >= 0.6 is 0 Å². The van der Waals surface area contributed by atoms with Gasteiger partial charge in [0.15, 0.2) is 0 Å². The van der Waals surface area contributed by atoms with Gasteiger partial charge in [0.05, 0.1) is 12.1 Å². The number of nitrogens with zero attached hydrogens (tertiary/aromatic N) is 1. The van der Waals surface area contributed by atoms with Crippen LogP contribution in [0.2, 0.25) is 0 Å². The van der Waals surface area contributed by atoms with Gasteiger partial charge < -0.3 is 5.32 Å². The predicted molar refractivity (Wildman–Crippen MR) is 68.9 cm³/mol. The Kier molecular flexibility index (Phi) is 3.87. The number of aryl methyl sites for hydroxylation is 1. The van der Waals surface area contributed by atoms with Crippen molar-refractivity contribution < 1.29 is 8.78 Å². The topological polar surface area (TPSA) is 24.9 Å². The van der Waals surface area contributed by atoms with Crippen molar-refractivity contribution in [3.05, 3.63) is 41.1 Å². The number of aromatic nitrogens is 1. The summed E-state index contributed by atoms with van der Waals surface area (Å²) in [7, 11) is 0. The third kappa shape index (κ3) is 2.64.